The number of ether oxygens (including phenoxy) is 1. The Hall–Kier alpha value is -0.820. The van der Waals surface area contributed by atoms with Gasteiger partial charge in [-0.15, -0.1) is 0 Å². The standard InChI is InChI=1S/C10H23N3O3S/c1-10(2,3)17(14,15)8-6-13-9(11)12-5-7-16-4/h5-8H2,1-4H3,(H3,11,12,13). The van der Waals surface area contributed by atoms with Crippen molar-refractivity contribution in [3.05, 3.63) is 0 Å². The molecule has 0 amide bonds. The van der Waals surface area contributed by atoms with Crippen molar-refractivity contribution in [2.75, 3.05) is 32.6 Å². The van der Waals surface area contributed by atoms with Gasteiger partial charge in [-0.3, -0.25) is 4.99 Å². The first-order valence-electron chi connectivity index (χ1n) is 5.46. The summed E-state index contributed by atoms with van der Waals surface area (Å²) in [5.74, 6) is 0.281. The van der Waals surface area contributed by atoms with Crippen LogP contribution in [0.3, 0.4) is 0 Å². The second-order valence-electron chi connectivity index (χ2n) is 4.62. The van der Waals surface area contributed by atoms with Gasteiger partial charge in [0.1, 0.15) is 0 Å². The van der Waals surface area contributed by atoms with E-state index in [0.717, 1.165) is 0 Å². The van der Waals surface area contributed by atoms with Crippen LogP contribution in [-0.4, -0.2) is 51.7 Å². The van der Waals surface area contributed by atoms with Crippen LogP contribution in [0, 0.1) is 0 Å². The van der Waals surface area contributed by atoms with Crippen molar-refractivity contribution in [2.45, 2.75) is 25.5 Å². The maximum atomic E-state index is 11.8. The summed E-state index contributed by atoms with van der Waals surface area (Å²) < 4.78 is 27.6. The molecule has 0 unspecified atom stereocenters. The Morgan fingerprint density at radius 2 is 2.00 bits per heavy atom. The van der Waals surface area contributed by atoms with Crippen molar-refractivity contribution in [1.82, 2.24) is 5.32 Å². The predicted molar refractivity (Wildman–Crippen MR) is 69.9 cm³/mol. The predicted octanol–water partition coefficient (Wildman–Crippen LogP) is -0.250. The second-order valence-corrected chi connectivity index (χ2v) is 7.48. The van der Waals surface area contributed by atoms with Crippen molar-refractivity contribution in [1.29, 1.82) is 0 Å². The number of rotatable bonds is 6. The lowest BCUT2D eigenvalue weighted by Gasteiger charge is -2.19. The van der Waals surface area contributed by atoms with Crippen LogP contribution in [0.4, 0.5) is 0 Å². The number of sulfone groups is 1. The Morgan fingerprint density at radius 3 is 2.47 bits per heavy atom. The molecule has 3 N–H and O–H groups in total. The molecular weight excluding hydrogens is 242 g/mol. The zero-order valence-electron chi connectivity index (χ0n) is 11.0. The van der Waals surface area contributed by atoms with E-state index in [1.54, 1.807) is 27.9 Å². The topological polar surface area (TPSA) is 93.8 Å². The highest BCUT2D eigenvalue weighted by atomic mass is 32.2. The molecule has 0 saturated heterocycles. The molecule has 0 aromatic heterocycles. The van der Waals surface area contributed by atoms with E-state index in [4.69, 9.17) is 10.5 Å². The molecule has 0 spiro atoms. The lowest BCUT2D eigenvalue weighted by Crippen LogP contribution is -2.39. The number of hydrogen-bond acceptors (Lipinski definition) is 4. The van der Waals surface area contributed by atoms with Crippen molar-refractivity contribution >= 4 is 15.8 Å². The summed E-state index contributed by atoms with van der Waals surface area (Å²) >= 11 is 0. The molecule has 0 aromatic rings. The van der Waals surface area contributed by atoms with E-state index in [0.29, 0.717) is 13.2 Å². The van der Waals surface area contributed by atoms with Crippen LogP contribution in [0.1, 0.15) is 20.8 Å². The van der Waals surface area contributed by atoms with E-state index in [9.17, 15) is 8.42 Å². The van der Waals surface area contributed by atoms with Crippen molar-refractivity contribution in [2.24, 2.45) is 10.7 Å². The van der Waals surface area contributed by atoms with Crippen LogP contribution >= 0.6 is 0 Å². The number of guanidine groups is 1. The van der Waals surface area contributed by atoms with Gasteiger partial charge >= 0.3 is 0 Å². The molecule has 7 heteroatoms. The quantitative estimate of drug-likeness (QED) is 0.392. The fraction of sp³-hybridized carbons (Fsp3) is 0.900. The summed E-state index contributed by atoms with van der Waals surface area (Å²) in [6.07, 6.45) is 0. The largest absolute Gasteiger partial charge is 0.383 e. The lowest BCUT2D eigenvalue weighted by atomic mass is 10.3. The zero-order valence-corrected chi connectivity index (χ0v) is 11.8. The van der Waals surface area contributed by atoms with E-state index in [-0.39, 0.29) is 18.3 Å². The van der Waals surface area contributed by atoms with Crippen molar-refractivity contribution in [3.8, 4) is 0 Å². The number of hydrogen-bond donors (Lipinski definition) is 2. The van der Waals surface area contributed by atoms with Gasteiger partial charge in [0.15, 0.2) is 15.8 Å². The Kier molecular flexibility index (Phi) is 6.48. The van der Waals surface area contributed by atoms with Crippen LogP contribution in [-0.2, 0) is 14.6 Å². The Morgan fingerprint density at radius 1 is 1.41 bits per heavy atom. The van der Waals surface area contributed by atoms with Gasteiger partial charge in [0.05, 0.1) is 23.7 Å². The van der Waals surface area contributed by atoms with Crippen LogP contribution in [0.5, 0.6) is 0 Å². The Labute approximate surface area is 104 Å². The molecule has 0 aliphatic heterocycles. The van der Waals surface area contributed by atoms with E-state index < -0.39 is 14.6 Å². The maximum absolute atomic E-state index is 11.8. The molecule has 0 atom stereocenters. The SMILES string of the molecule is COCCN=C(N)NCCS(=O)(=O)C(C)(C)C. The molecule has 0 fully saturated rings. The minimum Gasteiger partial charge on any atom is -0.383 e. The summed E-state index contributed by atoms with van der Waals surface area (Å²) in [6, 6.07) is 0. The Balaban J connectivity index is 4.04. The number of nitrogens with two attached hydrogens (primary N) is 1. The van der Waals surface area contributed by atoms with Gasteiger partial charge in [0, 0.05) is 13.7 Å². The normalized spacial score (nSPS) is 13.8. The Bertz CT molecular complexity index is 344. The monoisotopic (exact) mass is 265 g/mol. The molecule has 0 bridgehead atoms. The third kappa shape index (κ3) is 6.48. The molecule has 102 valence electrons. The third-order valence-electron chi connectivity index (χ3n) is 2.19. The summed E-state index contributed by atoms with van der Waals surface area (Å²) in [5.41, 5.74) is 5.54. The van der Waals surface area contributed by atoms with E-state index in [2.05, 4.69) is 10.3 Å². The van der Waals surface area contributed by atoms with Gasteiger partial charge in [-0.1, -0.05) is 0 Å². The molecule has 0 heterocycles. The lowest BCUT2D eigenvalue weighted by molar-refractivity contribution is 0.208. The minimum atomic E-state index is -3.12. The number of nitrogens with zero attached hydrogens (tertiary/aromatic N) is 1. The van der Waals surface area contributed by atoms with Gasteiger partial charge in [-0.2, -0.15) is 0 Å². The average molecular weight is 265 g/mol. The number of aliphatic imine (C=N–C) groups is 1. The van der Waals surface area contributed by atoms with Crippen molar-refractivity contribution in [3.63, 3.8) is 0 Å². The third-order valence-corrected chi connectivity index (χ3v) is 4.80. The van der Waals surface area contributed by atoms with E-state index >= 15 is 0 Å². The summed E-state index contributed by atoms with van der Waals surface area (Å²) in [6.45, 7) is 6.25. The van der Waals surface area contributed by atoms with Gasteiger partial charge in [0.25, 0.3) is 0 Å². The van der Waals surface area contributed by atoms with E-state index in [1.165, 1.54) is 0 Å². The molecule has 6 nitrogen and oxygen atoms in total. The first-order chi connectivity index (χ1) is 7.70. The number of nitrogens with one attached hydrogen (secondary N) is 1. The first-order valence-corrected chi connectivity index (χ1v) is 7.11. The number of methoxy groups -OCH3 is 1. The molecule has 0 rings (SSSR count). The highest BCUT2D eigenvalue weighted by Crippen LogP contribution is 2.14. The van der Waals surface area contributed by atoms with Crippen LogP contribution in [0.2, 0.25) is 0 Å². The smallest absolute Gasteiger partial charge is 0.188 e. The highest BCUT2D eigenvalue weighted by Gasteiger charge is 2.28. The van der Waals surface area contributed by atoms with E-state index in [1.807, 2.05) is 0 Å². The molecule has 0 aliphatic rings. The highest BCUT2D eigenvalue weighted by molar-refractivity contribution is 7.92. The molecule has 0 aromatic carbocycles. The summed E-state index contributed by atoms with van der Waals surface area (Å²) in [5, 5.41) is 2.76. The molecule has 17 heavy (non-hydrogen) atoms. The fourth-order valence-corrected chi connectivity index (χ4v) is 1.92. The van der Waals surface area contributed by atoms with Gasteiger partial charge < -0.3 is 15.8 Å². The summed E-state index contributed by atoms with van der Waals surface area (Å²) in [7, 11) is -1.54. The average Bonchev–Trinajstić information content (AvgIpc) is 2.16. The second kappa shape index (κ2) is 6.80. The van der Waals surface area contributed by atoms with Crippen LogP contribution < -0.4 is 11.1 Å². The molecule has 0 aliphatic carbocycles. The van der Waals surface area contributed by atoms with Crippen LogP contribution in [0.25, 0.3) is 0 Å². The van der Waals surface area contributed by atoms with Gasteiger partial charge in [0.2, 0.25) is 0 Å². The molecule has 0 radical (unpaired) electrons. The van der Waals surface area contributed by atoms with Gasteiger partial charge in [-0.05, 0) is 20.8 Å². The van der Waals surface area contributed by atoms with Gasteiger partial charge in [-0.25, -0.2) is 8.42 Å². The summed E-state index contributed by atoms with van der Waals surface area (Å²) in [4.78, 5) is 3.96. The fourth-order valence-electron chi connectivity index (χ4n) is 0.933. The minimum absolute atomic E-state index is 0.0387. The maximum Gasteiger partial charge on any atom is 0.188 e. The first kappa shape index (κ1) is 16.2. The van der Waals surface area contributed by atoms with Crippen molar-refractivity contribution < 1.29 is 13.2 Å². The molecule has 0 saturated carbocycles. The van der Waals surface area contributed by atoms with Crippen LogP contribution in [0.15, 0.2) is 4.99 Å². The zero-order chi connectivity index (χ0) is 13.5. The molecular formula is C10H23N3O3S.